The molecule has 0 aliphatic carbocycles. The van der Waals surface area contributed by atoms with Crippen molar-refractivity contribution in [1.29, 1.82) is 0 Å². The van der Waals surface area contributed by atoms with E-state index in [9.17, 15) is 8.78 Å². The highest BCUT2D eigenvalue weighted by molar-refractivity contribution is 5.67. The van der Waals surface area contributed by atoms with Crippen molar-refractivity contribution in [3.05, 3.63) is 78.1 Å². The number of benzene rings is 1. The molecule has 0 saturated heterocycles. The van der Waals surface area contributed by atoms with Crippen molar-refractivity contribution in [3.8, 4) is 17.0 Å². The average molecular weight is 448 g/mol. The number of pyridine rings is 1. The van der Waals surface area contributed by atoms with E-state index < -0.39 is 11.6 Å². The first-order chi connectivity index (χ1) is 16.0. The molecule has 0 saturated carbocycles. The number of rotatable bonds is 6. The van der Waals surface area contributed by atoms with Crippen molar-refractivity contribution in [2.24, 2.45) is 7.05 Å². The number of fused-ring (bicyclic) bond motifs is 1. The maximum Gasteiger partial charge on any atom is 0.200 e. The van der Waals surface area contributed by atoms with Gasteiger partial charge in [-0.05, 0) is 23.8 Å². The van der Waals surface area contributed by atoms with E-state index >= 15 is 0 Å². The summed E-state index contributed by atoms with van der Waals surface area (Å²) in [6, 6.07) is 10.2. The van der Waals surface area contributed by atoms with Crippen LogP contribution in [-0.2, 0) is 13.5 Å². The first kappa shape index (κ1) is 20.5. The number of aromatic nitrogens is 7. The molecular formula is C22H18F2N8O. The van der Waals surface area contributed by atoms with E-state index in [0.717, 1.165) is 11.4 Å². The van der Waals surface area contributed by atoms with Crippen LogP contribution < -0.4 is 10.1 Å². The van der Waals surface area contributed by atoms with Gasteiger partial charge in [-0.15, -0.1) is 10.2 Å². The van der Waals surface area contributed by atoms with Gasteiger partial charge in [0, 0.05) is 37.4 Å². The SMILES string of the molecule is COc1ccc(Cc2nnc3cc(-c4ccnc(Nc5ccnn5C)c4)ncn23)c(F)c1F. The second-order valence-corrected chi connectivity index (χ2v) is 7.25. The van der Waals surface area contributed by atoms with Gasteiger partial charge in [-0.3, -0.25) is 9.08 Å². The second-order valence-electron chi connectivity index (χ2n) is 7.25. The maximum atomic E-state index is 14.4. The Balaban J connectivity index is 1.43. The number of aryl methyl sites for hydroxylation is 1. The molecular weight excluding hydrogens is 430 g/mol. The zero-order valence-corrected chi connectivity index (χ0v) is 17.7. The molecule has 0 unspecified atom stereocenters. The number of hydrogen-bond acceptors (Lipinski definition) is 7. The number of nitrogens with zero attached hydrogens (tertiary/aromatic N) is 7. The highest BCUT2D eigenvalue weighted by atomic mass is 19.2. The normalized spacial score (nSPS) is 11.2. The molecule has 0 radical (unpaired) electrons. The smallest absolute Gasteiger partial charge is 0.200 e. The number of anilines is 2. The Morgan fingerprint density at radius 3 is 2.67 bits per heavy atom. The molecule has 166 valence electrons. The Kier molecular flexibility index (Phi) is 5.13. The van der Waals surface area contributed by atoms with Gasteiger partial charge >= 0.3 is 0 Å². The predicted molar refractivity (Wildman–Crippen MR) is 116 cm³/mol. The molecule has 0 aliphatic heterocycles. The largest absolute Gasteiger partial charge is 0.494 e. The van der Waals surface area contributed by atoms with Crippen molar-refractivity contribution in [3.63, 3.8) is 0 Å². The van der Waals surface area contributed by atoms with E-state index in [0.29, 0.717) is 23.0 Å². The summed E-state index contributed by atoms with van der Waals surface area (Å²) in [4.78, 5) is 8.83. The molecule has 0 bridgehead atoms. The molecule has 0 spiro atoms. The predicted octanol–water partition coefficient (Wildman–Crippen LogP) is 3.54. The molecule has 0 amide bonds. The van der Waals surface area contributed by atoms with E-state index in [-0.39, 0.29) is 17.7 Å². The third kappa shape index (κ3) is 3.84. The molecule has 0 atom stereocenters. The van der Waals surface area contributed by atoms with Crippen LogP contribution in [0, 0.1) is 11.6 Å². The molecule has 5 rings (SSSR count). The van der Waals surface area contributed by atoms with Crippen LogP contribution in [0.5, 0.6) is 5.75 Å². The molecule has 0 fully saturated rings. The molecule has 1 N–H and O–H groups in total. The summed E-state index contributed by atoms with van der Waals surface area (Å²) in [5.41, 5.74) is 2.16. The van der Waals surface area contributed by atoms with Crippen molar-refractivity contribution in [1.82, 2.24) is 34.3 Å². The minimum Gasteiger partial charge on any atom is -0.494 e. The highest BCUT2D eigenvalue weighted by Gasteiger charge is 2.17. The summed E-state index contributed by atoms with van der Waals surface area (Å²) in [5, 5.41) is 15.6. The van der Waals surface area contributed by atoms with Crippen molar-refractivity contribution in [2.75, 3.05) is 12.4 Å². The van der Waals surface area contributed by atoms with Crippen LogP contribution in [0.15, 0.2) is 55.1 Å². The highest BCUT2D eigenvalue weighted by Crippen LogP contribution is 2.25. The molecule has 9 nitrogen and oxygen atoms in total. The quantitative estimate of drug-likeness (QED) is 0.425. The fourth-order valence-corrected chi connectivity index (χ4v) is 3.44. The van der Waals surface area contributed by atoms with Gasteiger partial charge in [0.2, 0.25) is 5.82 Å². The van der Waals surface area contributed by atoms with Gasteiger partial charge in [0.1, 0.15) is 23.8 Å². The lowest BCUT2D eigenvalue weighted by Crippen LogP contribution is -2.03. The lowest BCUT2D eigenvalue weighted by Gasteiger charge is -2.08. The van der Waals surface area contributed by atoms with E-state index in [1.54, 1.807) is 33.9 Å². The Labute approximate surface area is 186 Å². The van der Waals surface area contributed by atoms with Crippen LogP contribution in [0.1, 0.15) is 11.4 Å². The Morgan fingerprint density at radius 2 is 1.88 bits per heavy atom. The van der Waals surface area contributed by atoms with Gasteiger partial charge in [0.05, 0.1) is 19.0 Å². The van der Waals surface area contributed by atoms with Gasteiger partial charge in [-0.25, -0.2) is 14.4 Å². The Morgan fingerprint density at radius 1 is 1.00 bits per heavy atom. The van der Waals surface area contributed by atoms with Crippen molar-refractivity contribution < 1.29 is 13.5 Å². The van der Waals surface area contributed by atoms with Gasteiger partial charge in [-0.2, -0.15) is 9.49 Å². The zero-order chi connectivity index (χ0) is 22.9. The Bertz CT molecular complexity index is 1460. The van der Waals surface area contributed by atoms with Crippen LogP contribution >= 0.6 is 0 Å². The number of halogens is 2. The third-order valence-corrected chi connectivity index (χ3v) is 5.20. The average Bonchev–Trinajstić information content (AvgIpc) is 3.42. The molecule has 11 heteroatoms. The van der Waals surface area contributed by atoms with Crippen molar-refractivity contribution >= 4 is 17.3 Å². The number of hydrogen-bond donors (Lipinski definition) is 1. The lowest BCUT2D eigenvalue weighted by atomic mass is 10.1. The van der Waals surface area contributed by atoms with E-state index in [2.05, 4.69) is 30.6 Å². The van der Waals surface area contributed by atoms with Crippen LogP contribution in [0.2, 0.25) is 0 Å². The Hall–Kier alpha value is -4.41. The van der Waals surface area contributed by atoms with Crippen LogP contribution in [0.3, 0.4) is 0 Å². The number of nitrogens with one attached hydrogen (secondary N) is 1. The molecule has 1 aromatic carbocycles. The zero-order valence-electron chi connectivity index (χ0n) is 17.7. The minimum absolute atomic E-state index is 0.0446. The molecule has 5 aromatic rings. The first-order valence-corrected chi connectivity index (χ1v) is 9.95. The van der Waals surface area contributed by atoms with Crippen LogP contribution in [0.25, 0.3) is 16.9 Å². The van der Waals surface area contributed by atoms with E-state index in [1.165, 1.54) is 19.2 Å². The number of methoxy groups -OCH3 is 1. The molecule has 4 aromatic heterocycles. The fourth-order valence-electron chi connectivity index (χ4n) is 3.44. The summed E-state index contributed by atoms with van der Waals surface area (Å²) in [6.45, 7) is 0. The van der Waals surface area contributed by atoms with Crippen LogP contribution in [-0.4, -0.2) is 41.5 Å². The second kappa shape index (κ2) is 8.26. The molecule has 0 aliphatic rings. The van der Waals surface area contributed by atoms with Gasteiger partial charge in [-0.1, -0.05) is 6.07 Å². The van der Waals surface area contributed by atoms with Crippen LogP contribution in [0.4, 0.5) is 20.4 Å². The van der Waals surface area contributed by atoms with Crippen molar-refractivity contribution in [2.45, 2.75) is 6.42 Å². The number of ether oxygens (including phenoxy) is 1. The summed E-state index contributed by atoms with van der Waals surface area (Å²) < 4.78 is 36.6. The summed E-state index contributed by atoms with van der Waals surface area (Å²) in [5.74, 6) is -0.285. The summed E-state index contributed by atoms with van der Waals surface area (Å²) in [7, 11) is 3.12. The first-order valence-electron chi connectivity index (χ1n) is 9.95. The molecule has 4 heterocycles. The summed E-state index contributed by atoms with van der Waals surface area (Å²) in [6.07, 6.45) is 4.97. The third-order valence-electron chi connectivity index (χ3n) is 5.20. The summed E-state index contributed by atoms with van der Waals surface area (Å²) >= 11 is 0. The lowest BCUT2D eigenvalue weighted by molar-refractivity contribution is 0.370. The topological polar surface area (TPSA) is 95.0 Å². The minimum atomic E-state index is -1.03. The maximum absolute atomic E-state index is 14.4. The van der Waals surface area contributed by atoms with Gasteiger partial charge < -0.3 is 10.1 Å². The fraction of sp³-hybridized carbons (Fsp3) is 0.136. The van der Waals surface area contributed by atoms with Gasteiger partial charge in [0.25, 0.3) is 0 Å². The standard InChI is InChI=1S/C22H18F2N8O/c1-31-18(6-8-27-31)28-17-9-13(5-7-25-17)15-11-20-30-29-19(32(20)12-26-15)10-14-3-4-16(33-2)22(24)21(14)23/h3-9,11-12H,10H2,1-2H3,(H,25,28). The molecule has 33 heavy (non-hydrogen) atoms. The van der Waals surface area contributed by atoms with E-state index in [4.69, 9.17) is 4.74 Å². The monoisotopic (exact) mass is 448 g/mol. The van der Waals surface area contributed by atoms with Gasteiger partial charge in [0.15, 0.2) is 17.2 Å². The van der Waals surface area contributed by atoms with E-state index in [1.807, 2.05) is 25.2 Å².